The van der Waals surface area contributed by atoms with Gasteiger partial charge in [0.05, 0.1) is 11.4 Å². The van der Waals surface area contributed by atoms with Gasteiger partial charge >= 0.3 is 0 Å². The minimum atomic E-state index is 0.250. The van der Waals surface area contributed by atoms with Crippen molar-refractivity contribution in [3.05, 3.63) is 210 Å². The van der Waals surface area contributed by atoms with Crippen molar-refractivity contribution in [2.45, 2.75) is 65.2 Å². The molecule has 300 valence electrons. The maximum Gasteiger partial charge on any atom is 0.0546 e. The zero-order chi connectivity index (χ0) is 41.6. The van der Waals surface area contributed by atoms with Gasteiger partial charge in [0.2, 0.25) is 0 Å². The van der Waals surface area contributed by atoms with Crippen molar-refractivity contribution in [1.82, 2.24) is 0 Å². The molecule has 0 heterocycles. The summed E-state index contributed by atoms with van der Waals surface area (Å²) in [5, 5.41) is 7.80. The van der Waals surface area contributed by atoms with E-state index in [2.05, 4.69) is 233 Å². The number of nitrogens with zero attached hydrogens (tertiary/aromatic N) is 2. The lowest BCUT2D eigenvalue weighted by molar-refractivity contribution is 0.749. The summed E-state index contributed by atoms with van der Waals surface area (Å²) < 4.78 is 0. The summed E-state index contributed by atoms with van der Waals surface area (Å²) in [7, 11) is 0. The number of rotatable bonds is 10. The third-order valence-electron chi connectivity index (χ3n) is 13.0. The van der Waals surface area contributed by atoms with Gasteiger partial charge in [-0.25, -0.2) is 0 Å². The van der Waals surface area contributed by atoms with Gasteiger partial charge in [-0.3, -0.25) is 0 Å². The summed E-state index contributed by atoms with van der Waals surface area (Å²) in [4.78, 5) is 4.98. The first kappa shape index (κ1) is 38.6. The minimum Gasteiger partial charge on any atom is -0.310 e. The molecule has 0 saturated carbocycles. The van der Waals surface area contributed by atoms with E-state index in [1.165, 1.54) is 71.5 Å². The van der Waals surface area contributed by atoms with Crippen LogP contribution >= 0.6 is 0 Å². The Bertz CT molecular complexity index is 2970. The van der Waals surface area contributed by atoms with Crippen LogP contribution in [0.15, 0.2) is 188 Å². The SMILES string of the molecule is CC1C=CC=C(c2cc(N(c3ccccc3)c3ccc(C(C)C)cc3)c3ccc4c(C5C=CC=CC5)cc(N(c5ccccc5)c5ccc(C(C)C)cc5)c5ccc2c3c45)C1. The number of allylic oxidation sites excluding steroid dienone is 8. The molecular formula is C59H54N2. The van der Waals surface area contributed by atoms with Crippen LogP contribution in [0, 0.1) is 5.92 Å². The van der Waals surface area contributed by atoms with Crippen LogP contribution in [0.5, 0.6) is 0 Å². The molecule has 0 radical (unpaired) electrons. The normalized spacial score (nSPS) is 16.3. The Morgan fingerprint density at radius 3 is 1.52 bits per heavy atom. The second-order valence-corrected chi connectivity index (χ2v) is 17.7. The topological polar surface area (TPSA) is 6.48 Å². The van der Waals surface area contributed by atoms with Gasteiger partial charge in [-0.1, -0.05) is 162 Å². The summed E-state index contributed by atoms with van der Waals surface area (Å²) in [5.74, 6) is 1.62. The summed E-state index contributed by atoms with van der Waals surface area (Å²) in [6, 6.07) is 55.0. The molecule has 2 unspecified atom stereocenters. The summed E-state index contributed by atoms with van der Waals surface area (Å²) in [6.45, 7) is 11.4. The molecule has 0 saturated heterocycles. The number of para-hydroxylation sites is 2. The van der Waals surface area contributed by atoms with E-state index in [-0.39, 0.29) is 5.92 Å². The van der Waals surface area contributed by atoms with Gasteiger partial charge in [0.1, 0.15) is 0 Å². The minimum absolute atomic E-state index is 0.250. The Morgan fingerprint density at radius 2 is 1.00 bits per heavy atom. The van der Waals surface area contributed by atoms with Crippen molar-refractivity contribution >= 4 is 72.0 Å². The summed E-state index contributed by atoms with van der Waals surface area (Å²) in [5.41, 5.74) is 13.7. The van der Waals surface area contributed by atoms with Crippen molar-refractivity contribution in [2.75, 3.05) is 9.80 Å². The number of hydrogen-bond acceptors (Lipinski definition) is 2. The molecule has 8 aromatic carbocycles. The zero-order valence-corrected chi connectivity index (χ0v) is 36.0. The van der Waals surface area contributed by atoms with Crippen molar-refractivity contribution in [3.63, 3.8) is 0 Å². The fraction of sp³-hybridized carbons (Fsp3) is 0.186. The summed E-state index contributed by atoms with van der Waals surface area (Å²) >= 11 is 0. The molecule has 2 atom stereocenters. The lowest BCUT2D eigenvalue weighted by Crippen LogP contribution is -2.13. The second kappa shape index (κ2) is 16.1. The van der Waals surface area contributed by atoms with E-state index < -0.39 is 0 Å². The highest BCUT2D eigenvalue weighted by Crippen LogP contribution is 2.52. The molecule has 2 heteroatoms. The summed E-state index contributed by atoms with van der Waals surface area (Å²) in [6.07, 6.45) is 18.1. The van der Waals surface area contributed by atoms with E-state index in [4.69, 9.17) is 0 Å². The van der Waals surface area contributed by atoms with Gasteiger partial charge in [-0.15, -0.1) is 0 Å². The van der Waals surface area contributed by atoms with E-state index in [0.29, 0.717) is 17.8 Å². The van der Waals surface area contributed by atoms with Crippen LogP contribution in [0.3, 0.4) is 0 Å². The largest absolute Gasteiger partial charge is 0.310 e. The quantitative estimate of drug-likeness (QED) is 0.127. The van der Waals surface area contributed by atoms with E-state index in [1.54, 1.807) is 0 Å². The van der Waals surface area contributed by atoms with Crippen LogP contribution in [0.25, 0.3) is 37.9 Å². The molecule has 0 amide bonds. The van der Waals surface area contributed by atoms with Crippen molar-refractivity contribution < 1.29 is 0 Å². The standard InChI is InChI=1S/C59H54N2/c1-39(2)42-24-28-48(29-25-42)60(46-20-11-7-12-21-46)56-37-54(44-17-9-6-10-18-44)50-32-34-53-57(61(47-22-13-8-14-23-47)49-30-26-43(27-31-49)40(3)4)38-55(45-19-15-16-41(5)36-45)51-33-35-52(56)58(50)59(51)53/h6-17,19-35,37-41,44H,18,36H2,1-5H3. The predicted molar refractivity (Wildman–Crippen MR) is 264 cm³/mol. The molecule has 0 spiro atoms. The Kier molecular flexibility index (Phi) is 10.2. The third-order valence-corrected chi connectivity index (χ3v) is 13.0. The first-order valence-electron chi connectivity index (χ1n) is 22.2. The molecule has 61 heavy (non-hydrogen) atoms. The van der Waals surface area contributed by atoms with Crippen LogP contribution in [0.2, 0.25) is 0 Å². The third kappa shape index (κ3) is 7.04. The number of benzene rings is 8. The molecule has 0 N–H and O–H groups in total. The zero-order valence-electron chi connectivity index (χ0n) is 36.0. The predicted octanol–water partition coefficient (Wildman–Crippen LogP) is 17.3. The van der Waals surface area contributed by atoms with Crippen molar-refractivity contribution in [1.29, 1.82) is 0 Å². The fourth-order valence-electron chi connectivity index (χ4n) is 9.81. The number of hydrogen-bond donors (Lipinski definition) is 0. The Labute approximate surface area is 361 Å². The fourth-order valence-corrected chi connectivity index (χ4v) is 9.81. The van der Waals surface area contributed by atoms with Crippen LogP contribution in [0.4, 0.5) is 34.1 Å². The highest BCUT2D eigenvalue weighted by atomic mass is 15.1. The molecular weight excluding hydrogens is 737 g/mol. The van der Waals surface area contributed by atoms with E-state index in [0.717, 1.165) is 35.6 Å². The van der Waals surface area contributed by atoms with Crippen LogP contribution in [0.1, 0.15) is 87.5 Å². The lowest BCUT2D eigenvalue weighted by atomic mass is 9.81. The second-order valence-electron chi connectivity index (χ2n) is 17.7. The van der Waals surface area contributed by atoms with Crippen LogP contribution in [-0.2, 0) is 0 Å². The van der Waals surface area contributed by atoms with E-state index in [1.807, 2.05) is 0 Å². The maximum absolute atomic E-state index is 2.50. The smallest absolute Gasteiger partial charge is 0.0546 e. The molecule has 0 aliphatic heterocycles. The van der Waals surface area contributed by atoms with Gasteiger partial charge < -0.3 is 9.80 Å². The van der Waals surface area contributed by atoms with Gasteiger partial charge in [0.15, 0.2) is 0 Å². The van der Waals surface area contributed by atoms with Gasteiger partial charge in [-0.05, 0) is 135 Å². The highest BCUT2D eigenvalue weighted by molar-refractivity contribution is 6.30. The van der Waals surface area contributed by atoms with E-state index in [9.17, 15) is 0 Å². The molecule has 10 rings (SSSR count). The Morgan fingerprint density at radius 1 is 0.492 bits per heavy atom. The van der Waals surface area contributed by atoms with Gasteiger partial charge in [0, 0.05) is 44.8 Å². The average molecular weight is 791 g/mol. The highest BCUT2D eigenvalue weighted by Gasteiger charge is 2.27. The first-order chi connectivity index (χ1) is 29.8. The molecule has 2 aliphatic rings. The molecule has 0 aromatic heterocycles. The van der Waals surface area contributed by atoms with Gasteiger partial charge in [0.25, 0.3) is 0 Å². The molecule has 0 fully saturated rings. The number of anilines is 6. The van der Waals surface area contributed by atoms with E-state index >= 15 is 0 Å². The van der Waals surface area contributed by atoms with Gasteiger partial charge in [-0.2, -0.15) is 0 Å². The Balaban J connectivity index is 1.33. The van der Waals surface area contributed by atoms with Crippen molar-refractivity contribution in [2.24, 2.45) is 5.92 Å². The maximum atomic E-state index is 2.50. The first-order valence-corrected chi connectivity index (χ1v) is 22.2. The monoisotopic (exact) mass is 790 g/mol. The molecule has 2 aliphatic carbocycles. The Hall–Kier alpha value is -6.64. The van der Waals surface area contributed by atoms with Crippen LogP contribution in [-0.4, -0.2) is 0 Å². The molecule has 2 nitrogen and oxygen atoms in total. The molecule has 0 bridgehead atoms. The average Bonchev–Trinajstić information content (AvgIpc) is 3.30. The molecule has 8 aromatic rings. The van der Waals surface area contributed by atoms with Crippen LogP contribution < -0.4 is 9.80 Å². The van der Waals surface area contributed by atoms with Crippen molar-refractivity contribution in [3.8, 4) is 0 Å². The lowest BCUT2D eigenvalue weighted by Gasteiger charge is -2.32.